The van der Waals surface area contributed by atoms with E-state index in [1.54, 1.807) is 18.2 Å². The van der Waals surface area contributed by atoms with Crippen molar-refractivity contribution < 1.29 is 9.53 Å². The Balaban J connectivity index is 2.67. The fraction of sp³-hybridized carbons (Fsp3) is 0.200. The van der Waals surface area contributed by atoms with Gasteiger partial charge in [-0.15, -0.1) is 0 Å². The third-order valence-corrected chi connectivity index (χ3v) is 2.44. The zero-order valence-electron chi connectivity index (χ0n) is 8.90. The van der Waals surface area contributed by atoms with Crippen LogP contribution >= 0.6 is 23.8 Å². The molecule has 5 N–H and O–H groups in total. The molecule has 1 aromatic carbocycles. The molecule has 0 aliphatic carbocycles. The smallest absolute Gasteiger partial charge is 0.404 e. The van der Waals surface area contributed by atoms with E-state index in [0.717, 1.165) is 0 Å². The number of ether oxygens (including phenoxy) is 1. The first-order valence-corrected chi connectivity index (χ1v) is 5.55. The second-order valence-corrected chi connectivity index (χ2v) is 3.97. The van der Waals surface area contributed by atoms with Gasteiger partial charge in [-0.1, -0.05) is 29.9 Å². The van der Waals surface area contributed by atoms with Crippen molar-refractivity contribution in [3.8, 4) is 0 Å². The van der Waals surface area contributed by atoms with E-state index in [4.69, 9.17) is 35.3 Å². The van der Waals surface area contributed by atoms with Crippen molar-refractivity contribution in [3.05, 3.63) is 28.8 Å². The third-order valence-electron chi connectivity index (χ3n) is 1.92. The zero-order valence-corrected chi connectivity index (χ0v) is 10.5. The number of hydrogen-bond donors (Lipinski definition) is 3. The fourth-order valence-electron chi connectivity index (χ4n) is 1.26. The number of hydrogen-bond acceptors (Lipinski definition) is 4. The Labute approximate surface area is 109 Å². The Kier molecular flexibility index (Phi) is 4.99. The highest BCUT2D eigenvalue weighted by atomic mass is 35.5. The molecule has 0 aromatic heterocycles. The number of nitrogens with two attached hydrogens (primary N) is 2. The number of carbonyl (C=O) groups excluding carboxylic acids is 1. The summed E-state index contributed by atoms with van der Waals surface area (Å²) in [6.45, 7) is 0.539. The molecule has 0 spiro atoms. The maximum atomic E-state index is 10.4. The molecule has 0 heterocycles. The van der Waals surface area contributed by atoms with Gasteiger partial charge in [0, 0.05) is 12.2 Å². The van der Waals surface area contributed by atoms with E-state index in [9.17, 15) is 4.79 Å². The van der Waals surface area contributed by atoms with Gasteiger partial charge in [0.05, 0.1) is 10.6 Å². The van der Waals surface area contributed by atoms with Crippen LogP contribution in [0.5, 0.6) is 0 Å². The molecule has 0 saturated heterocycles. The summed E-state index contributed by atoms with van der Waals surface area (Å²) in [7, 11) is 0. The van der Waals surface area contributed by atoms with Gasteiger partial charge in [-0.3, -0.25) is 0 Å². The summed E-state index contributed by atoms with van der Waals surface area (Å²) in [5.74, 6) is 0. The van der Waals surface area contributed by atoms with E-state index in [1.165, 1.54) is 0 Å². The van der Waals surface area contributed by atoms with Gasteiger partial charge < -0.3 is 21.5 Å². The van der Waals surface area contributed by atoms with Crippen molar-refractivity contribution in [1.82, 2.24) is 0 Å². The normalized spacial score (nSPS) is 9.71. The maximum absolute atomic E-state index is 10.4. The van der Waals surface area contributed by atoms with Gasteiger partial charge >= 0.3 is 6.09 Å². The first-order chi connectivity index (χ1) is 8.02. The standard InChI is InChI=1S/C10H12ClN3O2S/c11-6-2-1-3-7(8(6)9(12)17)14-4-5-16-10(13)15/h1-3,14H,4-5H2,(H2,12,17)(H2,13,15). The molecule has 1 aromatic rings. The summed E-state index contributed by atoms with van der Waals surface area (Å²) in [6, 6.07) is 5.24. The summed E-state index contributed by atoms with van der Waals surface area (Å²) in [5.41, 5.74) is 11.7. The SMILES string of the molecule is NC(=O)OCCNc1cccc(Cl)c1C(N)=S. The molecule has 7 heteroatoms. The molecule has 0 fully saturated rings. The predicted molar refractivity (Wildman–Crippen MR) is 71.4 cm³/mol. The molecule has 1 rings (SSSR count). The molecule has 17 heavy (non-hydrogen) atoms. The Morgan fingerprint density at radius 3 is 2.76 bits per heavy atom. The Bertz CT molecular complexity index is 440. The molecule has 0 unspecified atom stereocenters. The van der Waals surface area contributed by atoms with Crippen molar-refractivity contribution in [2.75, 3.05) is 18.5 Å². The maximum Gasteiger partial charge on any atom is 0.404 e. The highest BCUT2D eigenvalue weighted by Crippen LogP contribution is 2.23. The largest absolute Gasteiger partial charge is 0.448 e. The number of amides is 1. The second kappa shape index (κ2) is 6.27. The minimum absolute atomic E-state index is 0.151. The Morgan fingerprint density at radius 2 is 2.18 bits per heavy atom. The highest BCUT2D eigenvalue weighted by Gasteiger charge is 2.09. The molecule has 92 valence electrons. The molecule has 1 amide bonds. The Hall–Kier alpha value is -1.53. The average molecular weight is 274 g/mol. The van der Waals surface area contributed by atoms with Crippen LogP contribution < -0.4 is 16.8 Å². The number of thiocarbonyl (C=S) groups is 1. The number of nitrogens with one attached hydrogen (secondary N) is 1. The van der Waals surface area contributed by atoms with E-state index < -0.39 is 6.09 Å². The topological polar surface area (TPSA) is 90.4 Å². The summed E-state index contributed by atoms with van der Waals surface area (Å²) in [5, 5.41) is 3.48. The predicted octanol–water partition coefficient (Wildman–Crippen LogP) is 1.48. The quantitative estimate of drug-likeness (QED) is 0.558. The molecule has 0 aliphatic heterocycles. The van der Waals surface area contributed by atoms with E-state index in [1.807, 2.05) is 0 Å². The summed E-state index contributed by atoms with van der Waals surface area (Å²) < 4.78 is 4.57. The van der Waals surface area contributed by atoms with Gasteiger partial charge in [-0.05, 0) is 12.1 Å². The molecule has 0 aliphatic rings. The molecular weight excluding hydrogens is 262 g/mol. The van der Waals surface area contributed by atoms with Crippen LogP contribution in [0.1, 0.15) is 5.56 Å². The lowest BCUT2D eigenvalue weighted by Crippen LogP contribution is -2.20. The van der Waals surface area contributed by atoms with Gasteiger partial charge in [0.15, 0.2) is 0 Å². The minimum Gasteiger partial charge on any atom is -0.448 e. The first kappa shape index (κ1) is 13.5. The number of anilines is 1. The first-order valence-electron chi connectivity index (χ1n) is 4.76. The molecule has 0 atom stereocenters. The number of rotatable bonds is 5. The van der Waals surface area contributed by atoms with Crippen LogP contribution in [0.4, 0.5) is 10.5 Å². The van der Waals surface area contributed by atoms with Crippen LogP contribution in [0.15, 0.2) is 18.2 Å². The van der Waals surface area contributed by atoms with E-state index in [0.29, 0.717) is 22.8 Å². The van der Waals surface area contributed by atoms with E-state index in [2.05, 4.69) is 10.1 Å². The van der Waals surface area contributed by atoms with Gasteiger partial charge in [0.25, 0.3) is 0 Å². The second-order valence-electron chi connectivity index (χ2n) is 3.12. The number of benzene rings is 1. The number of halogens is 1. The van der Waals surface area contributed by atoms with E-state index >= 15 is 0 Å². The van der Waals surface area contributed by atoms with Gasteiger partial charge in [0.2, 0.25) is 0 Å². The lowest BCUT2D eigenvalue weighted by atomic mass is 10.1. The van der Waals surface area contributed by atoms with Crippen molar-refractivity contribution >= 4 is 40.6 Å². The fourth-order valence-corrected chi connectivity index (χ4v) is 1.81. The van der Waals surface area contributed by atoms with Crippen LogP contribution in [0, 0.1) is 0 Å². The van der Waals surface area contributed by atoms with Gasteiger partial charge in [-0.2, -0.15) is 0 Å². The number of carbonyl (C=O) groups is 1. The summed E-state index contributed by atoms with van der Waals surface area (Å²) >= 11 is 10.9. The van der Waals surface area contributed by atoms with Crippen LogP contribution in [0.25, 0.3) is 0 Å². The molecule has 5 nitrogen and oxygen atoms in total. The molecule has 0 saturated carbocycles. The van der Waals surface area contributed by atoms with Crippen molar-refractivity contribution in [2.45, 2.75) is 0 Å². The van der Waals surface area contributed by atoms with Gasteiger partial charge in [-0.25, -0.2) is 4.79 Å². The number of primary amides is 1. The van der Waals surface area contributed by atoms with E-state index in [-0.39, 0.29) is 11.6 Å². The zero-order chi connectivity index (χ0) is 12.8. The van der Waals surface area contributed by atoms with Crippen LogP contribution in [-0.2, 0) is 4.74 Å². The lowest BCUT2D eigenvalue weighted by molar-refractivity contribution is 0.161. The summed E-state index contributed by atoms with van der Waals surface area (Å²) in [4.78, 5) is 10.6. The molecule has 0 radical (unpaired) electrons. The summed E-state index contributed by atoms with van der Waals surface area (Å²) in [6.07, 6.45) is -0.813. The van der Waals surface area contributed by atoms with Crippen LogP contribution in [-0.4, -0.2) is 24.2 Å². The monoisotopic (exact) mass is 273 g/mol. The molecule has 0 bridgehead atoms. The lowest BCUT2D eigenvalue weighted by Gasteiger charge is -2.12. The Morgan fingerprint density at radius 1 is 1.47 bits per heavy atom. The third kappa shape index (κ3) is 4.08. The van der Waals surface area contributed by atoms with Crippen molar-refractivity contribution in [1.29, 1.82) is 0 Å². The molecular formula is C10H12ClN3O2S. The highest BCUT2D eigenvalue weighted by molar-refractivity contribution is 7.80. The van der Waals surface area contributed by atoms with Crippen LogP contribution in [0.2, 0.25) is 5.02 Å². The van der Waals surface area contributed by atoms with Crippen molar-refractivity contribution in [2.24, 2.45) is 11.5 Å². The van der Waals surface area contributed by atoms with Gasteiger partial charge in [0.1, 0.15) is 11.6 Å². The van der Waals surface area contributed by atoms with Crippen LogP contribution in [0.3, 0.4) is 0 Å². The minimum atomic E-state index is -0.813. The average Bonchev–Trinajstić information content (AvgIpc) is 2.23. The van der Waals surface area contributed by atoms with Crippen molar-refractivity contribution in [3.63, 3.8) is 0 Å².